The summed E-state index contributed by atoms with van der Waals surface area (Å²) in [5.41, 5.74) is -3.24. The molecule has 3 rings (SSSR count). The van der Waals surface area contributed by atoms with Gasteiger partial charge in [-0.1, -0.05) is 0 Å². The highest BCUT2D eigenvalue weighted by Gasteiger charge is 2.36. The van der Waals surface area contributed by atoms with Crippen molar-refractivity contribution in [1.29, 1.82) is 0 Å². The van der Waals surface area contributed by atoms with Crippen molar-refractivity contribution >= 4 is 11.7 Å². The zero-order valence-corrected chi connectivity index (χ0v) is 17.1. The summed E-state index contributed by atoms with van der Waals surface area (Å²) in [4.78, 5) is 23.9. The van der Waals surface area contributed by atoms with Crippen molar-refractivity contribution in [3.63, 3.8) is 0 Å². The summed E-state index contributed by atoms with van der Waals surface area (Å²) in [5, 5.41) is 12.2. The highest BCUT2D eigenvalue weighted by molar-refractivity contribution is 5.94. The minimum atomic E-state index is -4.83. The van der Waals surface area contributed by atoms with Crippen LogP contribution in [0.4, 0.5) is 36.6 Å². The smallest absolute Gasteiger partial charge is 0.366 e. The van der Waals surface area contributed by atoms with Crippen LogP contribution in [0.2, 0.25) is 0 Å². The first-order valence-corrected chi connectivity index (χ1v) is 9.75. The molecule has 182 valence electrons. The van der Waals surface area contributed by atoms with E-state index in [4.69, 9.17) is 0 Å². The lowest BCUT2D eigenvalue weighted by atomic mass is 9.91. The number of carbonyl (C=O) groups excluding carboxylic acids is 1. The van der Waals surface area contributed by atoms with E-state index in [1.807, 2.05) is 0 Å². The van der Waals surface area contributed by atoms with E-state index >= 15 is 0 Å². The molecule has 1 aliphatic rings. The zero-order valence-electron chi connectivity index (χ0n) is 17.1. The van der Waals surface area contributed by atoms with Crippen LogP contribution in [0.3, 0.4) is 0 Å². The molecule has 0 unspecified atom stereocenters. The number of nitrogens with zero attached hydrogens (tertiary/aromatic N) is 4. The van der Waals surface area contributed by atoms with Gasteiger partial charge in [-0.15, -0.1) is 5.10 Å². The van der Waals surface area contributed by atoms with Gasteiger partial charge in [0.05, 0.1) is 0 Å². The van der Waals surface area contributed by atoms with Crippen LogP contribution < -0.4 is 16.2 Å². The van der Waals surface area contributed by atoms with Gasteiger partial charge in [-0.3, -0.25) is 14.3 Å². The van der Waals surface area contributed by atoms with Crippen LogP contribution in [0.15, 0.2) is 17.1 Å². The molecule has 1 saturated carbocycles. The molecule has 2 aromatic rings. The van der Waals surface area contributed by atoms with Gasteiger partial charge in [0.2, 0.25) is 5.95 Å². The molecular weight excluding hydrogens is 465 g/mol. The van der Waals surface area contributed by atoms with Gasteiger partial charge in [0.15, 0.2) is 0 Å². The Balaban J connectivity index is 1.57. The lowest BCUT2D eigenvalue weighted by Crippen LogP contribution is -2.40. The fourth-order valence-electron chi connectivity index (χ4n) is 3.55. The number of anilines is 1. The molecule has 0 aliphatic heterocycles. The minimum Gasteiger partial charge on any atom is -0.366 e. The van der Waals surface area contributed by atoms with Crippen molar-refractivity contribution in [2.45, 2.75) is 56.7 Å². The van der Waals surface area contributed by atoms with Gasteiger partial charge in [0.1, 0.15) is 23.5 Å². The Hall–Kier alpha value is -3.13. The van der Waals surface area contributed by atoms with Gasteiger partial charge in [-0.05, 0) is 25.7 Å². The Labute approximate surface area is 181 Å². The second kappa shape index (κ2) is 9.02. The standard InChI is InChI=1S/C18H19F7N6O2/c1-30-16(33)12(18(23,24)25)6-13(28-30)26-9-2-4-10(5-3-9)27-15(32)11-7-31(29-14(11)19)8-17(20,21)22/h6-7,9-10H,2-5,8H2,1H3,(H,26,28)(H,27,32). The number of hydrogen-bond donors (Lipinski definition) is 2. The second-order valence-corrected chi connectivity index (χ2v) is 7.68. The number of hydrogen-bond acceptors (Lipinski definition) is 5. The van der Waals surface area contributed by atoms with E-state index in [9.17, 15) is 40.3 Å². The lowest BCUT2D eigenvalue weighted by Gasteiger charge is -2.30. The van der Waals surface area contributed by atoms with Crippen molar-refractivity contribution in [3.8, 4) is 0 Å². The highest BCUT2D eigenvalue weighted by Crippen LogP contribution is 2.28. The topological polar surface area (TPSA) is 93.8 Å². The average molecular weight is 484 g/mol. The summed E-state index contributed by atoms with van der Waals surface area (Å²) in [6, 6.07) is -0.0762. The maximum Gasteiger partial charge on any atom is 0.421 e. The van der Waals surface area contributed by atoms with Gasteiger partial charge in [0, 0.05) is 31.4 Å². The molecular formula is C18H19F7N6O2. The second-order valence-electron chi connectivity index (χ2n) is 7.68. The van der Waals surface area contributed by atoms with Crippen molar-refractivity contribution < 1.29 is 35.5 Å². The molecule has 0 radical (unpaired) electrons. The Morgan fingerprint density at radius 2 is 1.70 bits per heavy atom. The molecule has 2 heterocycles. The van der Waals surface area contributed by atoms with E-state index in [1.165, 1.54) is 0 Å². The summed E-state index contributed by atoms with van der Waals surface area (Å²) >= 11 is 0. The molecule has 0 bridgehead atoms. The van der Waals surface area contributed by atoms with Crippen LogP contribution in [-0.2, 0) is 19.8 Å². The first-order chi connectivity index (χ1) is 15.2. The summed E-state index contributed by atoms with van der Waals surface area (Å²) in [6.45, 7) is -1.54. The predicted octanol–water partition coefficient (Wildman–Crippen LogP) is 2.85. The van der Waals surface area contributed by atoms with Crippen molar-refractivity contribution in [2.75, 3.05) is 5.32 Å². The van der Waals surface area contributed by atoms with Gasteiger partial charge < -0.3 is 10.6 Å². The molecule has 0 aromatic carbocycles. The maximum atomic E-state index is 13.8. The third-order valence-electron chi connectivity index (χ3n) is 5.09. The Morgan fingerprint density at radius 3 is 2.27 bits per heavy atom. The molecule has 1 aliphatic carbocycles. The third kappa shape index (κ3) is 6.22. The fourth-order valence-corrected chi connectivity index (χ4v) is 3.55. The monoisotopic (exact) mass is 484 g/mol. The number of nitrogens with one attached hydrogen (secondary N) is 2. The average Bonchev–Trinajstić information content (AvgIpc) is 3.03. The van der Waals surface area contributed by atoms with E-state index in [0.29, 0.717) is 47.3 Å². The van der Waals surface area contributed by atoms with Crippen molar-refractivity contribution in [2.24, 2.45) is 7.05 Å². The molecule has 33 heavy (non-hydrogen) atoms. The predicted molar refractivity (Wildman–Crippen MR) is 99.9 cm³/mol. The molecule has 2 aromatic heterocycles. The van der Waals surface area contributed by atoms with Crippen LogP contribution in [-0.4, -0.2) is 43.7 Å². The number of carbonyl (C=O) groups is 1. The van der Waals surface area contributed by atoms with Crippen molar-refractivity contribution in [1.82, 2.24) is 24.9 Å². The maximum absolute atomic E-state index is 13.8. The van der Waals surface area contributed by atoms with E-state index in [0.717, 1.165) is 7.05 Å². The lowest BCUT2D eigenvalue weighted by molar-refractivity contribution is -0.142. The van der Waals surface area contributed by atoms with Gasteiger partial charge in [-0.25, -0.2) is 4.68 Å². The number of rotatable bonds is 5. The van der Waals surface area contributed by atoms with Crippen molar-refractivity contribution in [3.05, 3.63) is 39.7 Å². The quantitative estimate of drug-likeness (QED) is 0.637. The zero-order chi connectivity index (χ0) is 24.6. The summed E-state index contributed by atoms with van der Waals surface area (Å²) in [6.07, 6.45) is -7.22. The molecule has 2 N–H and O–H groups in total. The summed E-state index contributed by atoms with van der Waals surface area (Å²) in [7, 11) is 1.10. The van der Waals surface area contributed by atoms with Gasteiger partial charge >= 0.3 is 12.4 Å². The van der Waals surface area contributed by atoms with Gasteiger partial charge in [0.25, 0.3) is 11.5 Å². The SMILES string of the molecule is Cn1nc(NC2CCC(NC(=O)c3cn(CC(F)(F)F)nc3F)CC2)cc(C(F)(F)F)c1=O. The van der Waals surface area contributed by atoms with Crippen LogP contribution >= 0.6 is 0 Å². The summed E-state index contributed by atoms with van der Waals surface area (Å²) < 4.78 is 90.9. The molecule has 8 nitrogen and oxygen atoms in total. The minimum absolute atomic E-state index is 0.129. The normalized spacial score (nSPS) is 19.4. The fraction of sp³-hybridized carbons (Fsp3) is 0.556. The van der Waals surface area contributed by atoms with E-state index < -0.39 is 53.5 Å². The van der Waals surface area contributed by atoms with E-state index in [-0.39, 0.29) is 11.9 Å². The number of aromatic nitrogens is 4. The Bertz CT molecular complexity index is 1070. The largest absolute Gasteiger partial charge is 0.421 e. The van der Waals surface area contributed by atoms with E-state index in [2.05, 4.69) is 20.8 Å². The molecule has 0 atom stereocenters. The van der Waals surface area contributed by atoms with Crippen LogP contribution in [0.5, 0.6) is 0 Å². The van der Waals surface area contributed by atoms with Crippen LogP contribution in [0.1, 0.15) is 41.6 Å². The number of halogens is 7. The highest BCUT2D eigenvalue weighted by atomic mass is 19.4. The number of amides is 1. The Morgan fingerprint density at radius 1 is 1.09 bits per heavy atom. The summed E-state index contributed by atoms with van der Waals surface area (Å²) in [5.74, 6) is -2.36. The van der Waals surface area contributed by atoms with Gasteiger partial charge in [-0.2, -0.15) is 35.8 Å². The number of aryl methyl sites for hydroxylation is 1. The number of alkyl halides is 6. The third-order valence-corrected chi connectivity index (χ3v) is 5.09. The Kier molecular flexibility index (Phi) is 6.70. The molecule has 1 fully saturated rings. The van der Waals surface area contributed by atoms with Crippen LogP contribution in [0, 0.1) is 5.95 Å². The van der Waals surface area contributed by atoms with E-state index in [1.54, 1.807) is 0 Å². The molecule has 0 spiro atoms. The first kappa shape index (κ1) is 24.5. The molecule has 15 heteroatoms. The van der Waals surface area contributed by atoms with Crippen LogP contribution in [0.25, 0.3) is 0 Å². The molecule has 0 saturated heterocycles. The first-order valence-electron chi connectivity index (χ1n) is 9.75. The molecule has 1 amide bonds.